The Kier molecular flexibility index (Phi) is 7.76. The van der Waals surface area contributed by atoms with Crippen molar-refractivity contribution in [2.24, 2.45) is 7.05 Å². The molecule has 0 saturated carbocycles. The van der Waals surface area contributed by atoms with Crippen LogP contribution in [0.1, 0.15) is 42.4 Å². The fraction of sp³-hybridized carbons (Fsp3) is 0.300. The summed E-state index contributed by atoms with van der Waals surface area (Å²) in [5.74, 6) is 1.25. The Morgan fingerprint density at radius 3 is 2.40 bits per heavy atom. The molecule has 0 aliphatic carbocycles. The second kappa shape index (κ2) is 11.1. The first kappa shape index (κ1) is 24.4. The van der Waals surface area contributed by atoms with Crippen LogP contribution in [0.5, 0.6) is 11.5 Å². The van der Waals surface area contributed by atoms with Crippen molar-refractivity contribution in [3.63, 3.8) is 0 Å². The molecule has 3 aromatic carbocycles. The molecule has 5 nitrogen and oxygen atoms in total. The first-order valence-electron chi connectivity index (χ1n) is 12.1. The van der Waals surface area contributed by atoms with Gasteiger partial charge in [0.05, 0.1) is 14.2 Å². The number of fused-ring (bicyclic) bond motifs is 1. The van der Waals surface area contributed by atoms with Crippen LogP contribution >= 0.6 is 0 Å². The third-order valence-electron chi connectivity index (χ3n) is 6.62. The Morgan fingerprint density at radius 2 is 1.66 bits per heavy atom. The molecule has 2 unspecified atom stereocenters. The van der Waals surface area contributed by atoms with E-state index in [1.807, 2.05) is 43.4 Å². The van der Waals surface area contributed by atoms with E-state index in [0.717, 1.165) is 34.9 Å². The van der Waals surface area contributed by atoms with E-state index in [1.54, 1.807) is 14.2 Å². The Bertz CT molecular complexity index is 1280. The predicted octanol–water partition coefficient (Wildman–Crippen LogP) is 5.86. The zero-order valence-corrected chi connectivity index (χ0v) is 21.0. The monoisotopic (exact) mass is 470 g/mol. The number of ether oxygens (including phenoxy) is 2. The lowest BCUT2D eigenvalue weighted by molar-refractivity contribution is -0.121. The highest BCUT2D eigenvalue weighted by atomic mass is 16.5. The molecule has 1 N–H and O–H groups in total. The van der Waals surface area contributed by atoms with Crippen LogP contribution in [0.25, 0.3) is 10.9 Å². The molecule has 1 heterocycles. The van der Waals surface area contributed by atoms with Crippen molar-refractivity contribution in [3.05, 3.63) is 95.7 Å². The van der Waals surface area contributed by atoms with Crippen molar-refractivity contribution < 1.29 is 14.3 Å². The van der Waals surface area contributed by atoms with E-state index >= 15 is 0 Å². The van der Waals surface area contributed by atoms with Gasteiger partial charge in [-0.05, 0) is 54.7 Å². The quantitative estimate of drug-likeness (QED) is 0.316. The highest BCUT2D eigenvalue weighted by Crippen LogP contribution is 2.38. The summed E-state index contributed by atoms with van der Waals surface area (Å²) in [7, 11) is 5.31. The Labute approximate surface area is 207 Å². The average Bonchev–Trinajstić information content (AvgIpc) is 3.22. The number of nitrogens with zero attached hydrogens (tertiary/aromatic N) is 1. The Balaban J connectivity index is 1.59. The second-order valence-electron chi connectivity index (χ2n) is 9.08. The zero-order chi connectivity index (χ0) is 24.8. The lowest BCUT2D eigenvalue weighted by Crippen LogP contribution is -2.33. The number of amides is 1. The van der Waals surface area contributed by atoms with E-state index < -0.39 is 0 Å². The minimum absolute atomic E-state index is 0.0401. The van der Waals surface area contributed by atoms with E-state index in [-0.39, 0.29) is 17.9 Å². The number of para-hydroxylation sites is 1. The topological polar surface area (TPSA) is 52.5 Å². The molecule has 0 saturated heterocycles. The molecule has 0 fully saturated rings. The third kappa shape index (κ3) is 5.68. The van der Waals surface area contributed by atoms with Gasteiger partial charge in [0.2, 0.25) is 5.91 Å². The molecule has 0 spiro atoms. The van der Waals surface area contributed by atoms with Crippen LogP contribution in [0.4, 0.5) is 0 Å². The van der Waals surface area contributed by atoms with Gasteiger partial charge in [-0.3, -0.25) is 4.79 Å². The third-order valence-corrected chi connectivity index (χ3v) is 6.62. The van der Waals surface area contributed by atoms with E-state index in [9.17, 15) is 4.79 Å². The summed E-state index contributed by atoms with van der Waals surface area (Å²) in [6.07, 6.45) is 4.31. The number of benzene rings is 3. The van der Waals surface area contributed by atoms with Crippen molar-refractivity contribution in [1.82, 2.24) is 9.88 Å². The molecule has 4 rings (SSSR count). The number of hydrogen-bond donors (Lipinski definition) is 1. The number of rotatable bonds is 10. The Morgan fingerprint density at radius 1 is 0.943 bits per heavy atom. The summed E-state index contributed by atoms with van der Waals surface area (Å²) in [6.45, 7) is 2.07. The summed E-state index contributed by atoms with van der Waals surface area (Å²) in [6, 6.07) is 24.7. The molecule has 4 aromatic rings. The first-order valence-corrected chi connectivity index (χ1v) is 12.1. The molecular weight excluding hydrogens is 436 g/mol. The van der Waals surface area contributed by atoms with Crippen LogP contribution in [0.3, 0.4) is 0 Å². The smallest absolute Gasteiger partial charge is 0.221 e. The maximum Gasteiger partial charge on any atom is 0.221 e. The van der Waals surface area contributed by atoms with Gasteiger partial charge in [-0.25, -0.2) is 0 Å². The molecule has 0 aliphatic heterocycles. The molecule has 1 amide bonds. The van der Waals surface area contributed by atoms with Crippen LogP contribution in [-0.2, 0) is 18.3 Å². The van der Waals surface area contributed by atoms with Gasteiger partial charge in [-0.15, -0.1) is 0 Å². The summed E-state index contributed by atoms with van der Waals surface area (Å²) in [5, 5.41) is 4.38. The van der Waals surface area contributed by atoms with Gasteiger partial charge in [-0.1, -0.05) is 54.6 Å². The van der Waals surface area contributed by atoms with Crippen molar-refractivity contribution in [3.8, 4) is 11.5 Å². The van der Waals surface area contributed by atoms with Gasteiger partial charge in [0.25, 0.3) is 0 Å². The van der Waals surface area contributed by atoms with Crippen LogP contribution in [-0.4, -0.2) is 30.7 Å². The molecule has 35 heavy (non-hydrogen) atoms. The van der Waals surface area contributed by atoms with E-state index in [1.165, 1.54) is 5.56 Å². The van der Waals surface area contributed by atoms with Crippen LogP contribution in [0, 0.1) is 0 Å². The lowest BCUT2D eigenvalue weighted by atomic mass is 9.87. The zero-order valence-electron chi connectivity index (χ0n) is 21.0. The number of carbonyl (C=O) groups excluding carboxylic acids is 1. The normalized spacial score (nSPS) is 12.8. The van der Waals surface area contributed by atoms with Gasteiger partial charge in [-0.2, -0.15) is 0 Å². The van der Waals surface area contributed by atoms with Gasteiger partial charge in [0.1, 0.15) is 0 Å². The molecule has 2 atom stereocenters. The number of hydrogen-bond acceptors (Lipinski definition) is 3. The van der Waals surface area contributed by atoms with E-state index in [0.29, 0.717) is 17.9 Å². The Hall–Kier alpha value is -3.73. The summed E-state index contributed by atoms with van der Waals surface area (Å²) >= 11 is 0. The molecule has 5 heteroatoms. The van der Waals surface area contributed by atoms with Crippen LogP contribution < -0.4 is 14.8 Å². The SMILES string of the molecule is COc1ccc(C(CC(=O)NC(C)CCc2ccccc2)c2cn(C)c3ccccc23)cc1OC. The van der Waals surface area contributed by atoms with Gasteiger partial charge in [0.15, 0.2) is 11.5 Å². The second-order valence-corrected chi connectivity index (χ2v) is 9.08. The minimum Gasteiger partial charge on any atom is -0.493 e. The molecule has 182 valence electrons. The van der Waals surface area contributed by atoms with Crippen molar-refractivity contribution >= 4 is 16.8 Å². The largest absolute Gasteiger partial charge is 0.493 e. The molecule has 0 radical (unpaired) electrons. The maximum absolute atomic E-state index is 13.3. The van der Waals surface area contributed by atoms with Crippen LogP contribution in [0.2, 0.25) is 0 Å². The van der Waals surface area contributed by atoms with Gasteiger partial charge < -0.3 is 19.4 Å². The van der Waals surface area contributed by atoms with E-state index in [4.69, 9.17) is 9.47 Å². The number of nitrogens with one attached hydrogen (secondary N) is 1. The summed E-state index contributed by atoms with van der Waals surface area (Å²) < 4.78 is 13.1. The average molecular weight is 471 g/mol. The number of aryl methyl sites for hydroxylation is 2. The number of aromatic nitrogens is 1. The van der Waals surface area contributed by atoms with Crippen molar-refractivity contribution in [1.29, 1.82) is 0 Å². The predicted molar refractivity (Wildman–Crippen MR) is 141 cm³/mol. The lowest BCUT2D eigenvalue weighted by Gasteiger charge is -2.21. The van der Waals surface area contributed by atoms with Crippen LogP contribution in [0.15, 0.2) is 79.0 Å². The number of carbonyl (C=O) groups is 1. The fourth-order valence-corrected chi connectivity index (χ4v) is 4.75. The van der Waals surface area contributed by atoms with E-state index in [2.05, 4.69) is 59.4 Å². The highest BCUT2D eigenvalue weighted by Gasteiger charge is 2.24. The fourth-order valence-electron chi connectivity index (χ4n) is 4.75. The van der Waals surface area contributed by atoms with Crippen molar-refractivity contribution in [2.45, 2.75) is 38.1 Å². The molecule has 1 aromatic heterocycles. The number of methoxy groups -OCH3 is 2. The standard InChI is InChI=1S/C30H34N2O3/c1-21(14-15-22-10-6-5-7-11-22)31-30(33)19-25(23-16-17-28(34-3)29(18-23)35-4)26-20-32(2)27-13-9-8-12-24(26)27/h5-13,16-18,20-21,25H,14-15,19H2,1-4H3,(H,31,33). The molecular formula is C30H34N2O3. The summed E-state index contributed by atoms with van der Waals surface area (Å²) in [5.41, 5.74) is 4.57. The first-order chi connectivity index (χ1) is 17.0. The van der Waals surface area contributed by atoms with Gasteiger partial charge in [0, 0.05) is 42.5 Å². The molecule has 0 aliphatic rings. The minimum atomic E-state index is -0.123. The van der Waals surface area contributed by atoms with Gasteiger partial charge >= 0.3 is 0 Å². The summed E-state index contributed by atoms with van der Waals surface area (Å²) in [4.78, 5) is 13.3. The highest BCUT2D eigenvalue weighted by molar-refractivity contribution is 5.86. The maximum atomic E-state index is 13.3. The van der Waals surface area contributed by atoms with Crippen molar-refractivity contribution in [2.75, 3.05) is 14.2 Å². The molecule has 0 bridgehead atoms.